The monoisotopic (exact) mass is 344 g/mol. The minimum atomic E-state index is -0.370. The molecule has 3 saturated carbocycles. The van der Waals surface area contributed by atoms with Crippen LogP contribution in [0.5, 0.6) is 0 Å². The Bertz CT molecular complexity index is 664. The molecule has 3 nitrogen and oxygen atoms in total. The average Bonchev–Trinajstić information content (AvgIpc) is 2.80. The standard InChI is InChI=1S/C22H32O3/c1-13(23)21(3)10-8-17-16-6-5-14-11-15(24)7-9-20(14,2)19(16)18(25)12-22(17,21)4/h11,16-19,25H,5-10,12H2,1-4H3. The van der Waals surface area contributed by atoms with Gasteiger partial charge in [0.2, 0.25) is 0 Å². The number of carbonyl (C=O) groups excluding carboxylic acids is 2. The predicted molar refractivity (Wildman–Crippen MR) is 96.9 cm³/mol. The Morgan fingerprint density at radius 1 is 1.16 bits per heavy atom. The Morgan fingerprint density at radius 2 is 1.88 bits per heavy atom. The lowest BCUT2D eigenvalue weighted by Gasteiger charge is -2.61. The van der Waals surface area contributed by atoms with Gasteiger partial charge in [0, 0.05) is 11.8 Å². The summed E-state index contributed by atoms with van der Waals surface area (Å²) in [5, 5.41) is 11.3. The van der Waals surface area contributed by atoms with E-state index in [4.69, 9.17) is 0 Å². The minimum absolute atomic E-state index is 0.0349. The molecule has 4 aliphatic carbocycles. The lowest BCUT2D eigenvalue weighted by atomic mass is 9.44. The molecule has 25 heavy (non-hydrogen) atoms. The first-order chi connectivity index (χ1) is 11.6. The van der Waals surface area contributed by atoms with Gasteiger partial charge in [-0.15, -0.1) is 0 Å². The van der Waals surface area contributed by atoms with Crippen molar-refractivity contribution in [3.05, 3.63) is 11.6 Å². The number of carbonyl (C=O) groups is 2. The fourth-order valence-corrected chi connectivity index (χ4v) is 7.51. The van der Waals surface area contributed by atoms with Crippen molar-refractivity contribution < 1.29 is 14.7 Å². The van der Waals surface area contributed by atoms with Crippen molar-refractivity contribution in [3.63, 3.8) is 0 Å². The topological polar surface area (TPSA) is 54.4 Å². The fraction of sp³-hybridized carbons (Fsp3) is 0.818. The van der Waals surface area contributed by atoms with E-state index in [1.807, 2.05) is 6.08 Å². The van der Waals surface area contributed by atoms with Gasteiger partial charge >= 0.3 is 0 Å². The molecule has 3 heteroatoms. The van der Waals surface area contributed by atoms with Crippen molar-refractivity contribution in [2.75, 3.05) is 0 Å². The van der Waals surface area contributed by atoms with E-state index in [0.717, 1.165) is 38.5 Å². The molecule has 3 fully saturated rings. The van der Waals surface area contributed by atoms with Gasteiger partial charge in [-0.05, 0) is 80.1 Å². The summed E-state index contributed by atoms with van der Waals surface area (Å²) < 4.78 is 0. The molecule has 1 N–H and O–H groups in total. The second-order valence-electron chi connectivity index (χ2n) is 10.0. The molecule has 0 spiro atoms. The Kier molecular flexibility index (Phi) is 3.69. The Morgan fingerprint density at radius 3 is 2.56 bits per heavy atom. The molecule has 0 saturated heterocycles. The van der Waals surface area contributed by atoms with Crippen molar-refractivity contribution in [3.8, 4) is 0 Å². The molecule has 0 amide bonds. The van der Waals surface area contributed by atoms with Gasteiger partial charge in [-0.25, -0.2) is 0 Å². The van der Waals surface area contributed by atoms with Crippen LogP contribution in [-0.4, -0.2) is 22.8 Å². The number of fused-ring (bicyclic) bond motifs is 5. The normalized spacial score (nSPS) is 52.0. The summed E-state index contributed by atoms with van der Waals surface area (Å²) >= 11 is 0. The molecule has 4 rings (SSSR count). The van der Waals surface area contributed by atoms with Crippen molar-refractivity contribution in [2.45, 2.75) is 78.7 Å². The number of rotatable bonds is 1. The average molecular weight is 344 g/mol. The van der Waals surface area contributed by atoms with Crippen LogP contribution in [-0.2, 0) is 9.59 Å². The van der Waals surface area contributed by atoms with Gasteiger partial charge in [0.25, 0.3) is 0 Å². The number of hydrogen-bond acceptors (Lipinski definition) is 3. The van der Waals surface area contributed by atoms with E-state index in [-0.39, 0.29) is 39.8 Å². The zero-order valence-electron chi connectivity index (χ0n) is 16.1. The van der Waals surface area contributed by atoms with Crippen molar-refractivity contribution >= 4 is 11.6 Å². The number of allylic oxidation sites excluding steroid dienone is 1. The minimum Gasteiger partial charge on any atom is -0.393 e. The number of ketones is 2. The van der Waals surface area contributed by atoms with E-state index in [2.05, 4.69) is 20.8 Å². The van der Waals surface area contributed by atoms with Gasteiger partial charge in [-0.1, -0.05) is 26.3 Å². The second-order valence-corrected chi connectivity index (χ2v) is 10.0. The molecule has 0 aromatic carbocycles. The first kappa shape index (κ1) is 17.5. The van der Waals surface area contributed by atoms with Crippen LogP contribution in [0.1, 0.15) is 72.6 Å². The van der Waals surface area contributed by atoms with Crippen LogP contribution in [0.15, 0.2) is 11.6 Å². The van der Waals surface area contributed by atoms with Crippen LogP contribution in [0.4, 0.5) is 0 Å². The first-order valence-corrected chi connectivity index (χ1v) is 10.1. The molecule has 4 aliphatic rings. The number of Topliss-reactive ketones (excluding diaryl/α,β-unsaturated/α-hetero) is 1. The number of hydrogen-bond donors (Lipinski definition) is 1. The van der Waals surface area contributed by atoms with Gasteiger partial charge < -0.3 is 5.11 Å². The molecule has 0 aromatic heterocycles. The van der Waals surface area contributed by atoms with Gasteiger partial charge in [0.1, 0.15) is 5.78 Å². The van der Waals surface area contributed by atoms with E-state index in [1.165, 1.54) is 5.57 Å². The van der Waals surface area contributed by atoms with E-state index in [9.17, 15) is 14.7 Å². The van der Waals surface area contributed by atoms with Gasteiger partial charge in [-0.2, -0.15) is 0 Å². The maximum atomic E-state index is 12.5. The lowest BCUT2D eigenvalue weighted by molar-refractivity contribution is -0.157. The maximum absolute atomic E-state index is 12.5. The summed E-state index contributed by atoms with van der Waals surface area (Å²) in [6.07, 6.45) is 7.84. The SMILES string of the molecule is CC(=O)C1(C)CCC2C3CCC4=CC(=O)CCC4(C)C3C(O)CC21C. The summed E-state index contributed by atoms with van der Waals surface area (Å²) in [6.45, 7) is 8.43. The van der Waals surface area contributed by atoms with Gasteiger partial charge in [0.15, 0.2) is 5.78 Å². The molecule has 0 heterocycles. The summed E-state index contributed by atoms with van der Waals surface area (Å²) in [5.74, 6) is 1.78. The third kappa shape index (κ3) is 2.08. The molecular formula is C22H32O3. The molecule has 0 radical (unpaired) electrons. The summed E-state index contributed by atoms with van der Waals surface area (Å²) in [5.41, 5.74) is 0.845. The molecule has 0 aromatic rings. The van der Waals surface area contributed by atoms with Gasteiger partial charge in [-0.3, -0.25) is 9.59 Å². The smallest absolute Gasteiger partial charge is 0.155 e. The Balaban J connectivity index is 1.75. The highest BCUT2D eigenvalue weighted by atomic mass is 16.3. The molecule has 0 aliphatic heterocycles. The van der Waals surface area contributed by atoms with Crippen LogP contribution < -0.4 is 0 Å². The summed E-state index contributed by atoms with van der Waals surface area (Å²) in [7, 11) is 0. The van der Waals surface area contributed by atoms with Crippen LogP contribution in [0.2, 0.25) is 0 Å². The van der Waals surface area contributed by atoms with Crippen molar-refractivity contribution in [2.24, 2.45) is 34.0 Å². The quantitative estimate of drug-likeness (QED) is 0.779. The number of aliphatic hydroxyl groups excluding tert-OH is 1. The lowest BCUT2D eigenvalue weighted by Crippen LogP contribution is -2.58. The van der Waals surface area contributed by atoms with Crippen LogP contribution >= 0.6 is 0 Å². The van der Waals surface area contributed by atoms with E-state index >= 15 is 0 Å². The largest absolute Gasteiger partial charge is 0.393 e. The summed E-state index contributed by atoms with van der Waals surface area (Å²) in [4.78, 5) is 24.4. The Hall–Kier alpha value is -0.960. The second kappa shape index (κ2) is 5.28. The molecule has 7 atom stereocenters. The summed E-state index contributed by atoms with van der Waals surface area (Å²) in [6, 6.07) is 0. The van der Waals surface area contributed by atoms with Crippen molar-refractivity contribution in [1.82, 2.24) is 0 Å². The highest BCUT2D eigenvalue weighted by Gasteiger charge is 2.66. The predicted octanol–water partition coefficient (Wildman–Crippen LogP) is 4.08. The highest BCUT2D eigenvalue weighted by Crippen LogP contribution is 2.69. The maximum Gasteiger partial charge on any atom is 0.155 e. The zero-order chi connectivity index (χ0) is 18.2. The molecular weight excluding hydrogens is 312 g/mol. The zero-order valence-corrected chi connectivity index (χ0v) is 16.1. The molecule has 138 valence electrons. The van der Waals surface area contributed by atoms with Crippen LogP contribution in [0.25, 0.3) is 0 Å². The van der Waals surface area contributed by atoms with E-state index in [0.29, 0.717) is 18.3 Å². The Labute approximate surface area is 151 Å². The van der Waals surface area contributed by atoms with E-state index < -0.39 is 0 Å². The van der Waals surface area contributed by atoms with Gasteiger partial charge in [0.05, 0.1) is 6.10 Å². The molecule has 0 bridgehead atoms. The van der Waals surface area contributed by atoms with Crippen LogP contribution in [0, 0.1) is 34.0 Å². The van der Waals surface area contributed by atoms with Crippen molar-refractivity contribution in [1.29, 1.82) is 0 Å². The third-order valence-corrected chi connectivity index (χ3v) is 9.28. The van der Waals surface area contributed by atoms with E-state index in [1.54, 1.807) is 6.92 Å². The fourth-order valence-electron chi connectivity index (χ4n) is 7.51. The third-order valence-electron chi connectivity index (χ3n) is 9.28. The first-order valence-electron chi connectivity index (χ1n) is 10.1. The van der Waals surface area contributed by atoms with Crippen LogP contribution in [0.3, 0.4) is 0 Å². The highest BCUT2D eigenvalue weighted by molar-refractivity contribution is 5.91. The number of aliphatic hydroxyl groups is 1. The molecule has 7 unspecified atom stereocenters.